The van der Waals surface area contributed by atoms with E-state index >= 15 is 0 Å². The number of rotatable bonds is 5. The number of halogens is 1. The van der Waals surface area contributed by atoms with Crippen molar-refractivity contribution in [1.29, 1.82) is 0 Å². The van der Waals surface area contributed by atoms with Crippen LogP contribution in [-0.2, 0) is 6.54 Å². The van der Waals surface area contributed by atoms with Crippen LogP contribution in [0.3, 0.4) is 0 Å². The van der Waals surface area contributed by atoms with Crippen LogP contribution in [0.2, 0.25) is 0 Å². The summed E-state index contributed by atoms with van der Waals surface area (Å²) in [5.41, 5.74) is 2.71. The summed E-state index contributed by atoms with van der Waals surface area (Å²) in [7, 11) is 0. The van der Waals surface area contributed by atoms with Gasteiger partial charge in [0.15, 0.2) is 0 Å². The topological polar surface area (TPSA) is 46.9 Å². The number of carbonyl (C=O) groups excluding carboxylic acids is 1. The standard InChI is InChI=1S/C20H22BrN3O/c1-13(2)12-24-18-7-5-4-6-17(18)23-19(24)14(3)22-20(25)15-8-10-16(21)11-9-15/h4-11,13-14H,12H2,1-3H3,(H,22,25). The van der Waals surface area contributed by atoms with Gasteiger partial charge in [-0.1, -0.05) is 41.9 Å². The van der Waals surface area contributed by atoms with Crippen LogP contribution in [0.4, 0.5) is 0 Å². The first-order valence-electron chi connectivity index (χ1n) is 8.47. The average Bonchev–Trinajstić information content (AvgIpc) is 2.93. The molecule has 0 aliphatic rings. The second kappa shape index (κ2) is 7.40. The van der Waals surface area contributed by atoms with Crippen LogP contribution in [0.15, 0.2) is 53.0 Å². The lowest BCUT2D eigenvalue weighted by molar-refractivity contribution is 0.0937. The van der Waals surface area contributed by atoms with E-state index in [1.807, 2.05) is 49.4 Å². The van der Waals surface area contributed by atoms with Gasteiger partial charge in [0.05, 0.1) is 17.1 Å². The highest BCUT2D eigenvalue weighted by molar-refractivity contribution is 9.10. The van der Waals surface area contributed by atoms with Gasteiger partial charge in [-0.05, 0) is 49.2 Å². The second-order valence-corrected chi connectivity index (χ2v) is 7.58. The quantitative estimate of drug-likeness (QED) is 0.659. The largest absolute Gasteiger partial charge is 0.342 e. The van der Waals surface area contributed by atoms with Gasteiger partial charge in [-0.2, -0.15) is 0 Å². The van der Waals surface area contributed by atoms with Crippen LogP contribution in [0.5, 0.6) is 0 Å². The third kappa shape index (κ3) is 3.93. The average molecular weight is 400 g/mol. The molecule has 5 heteroatoms. The minimum Gasteiger partial charge on any atom is -0.342 e. The van der Waals surface area contributed by atoms with Gasteiger partial charge in [0, 0.05) is 16.6 Å². The minimum atomic E-state index is -0.178. The third-order valence-corrected chi connectivity index (χ3v) is 4.60. The van der Waals surface area contributed by atoms with Crippen molar-refractivity contribution >= 4 is 32.9 Å². The number of imidazole rings is 1. The SMILES string of the molecule is CC(C)Cn1c(C(C)NC(=O)c2ccc(Br)cc2)nc2ccccc21. The number of aromatic nitrogens is 2. The molecular formula is C20H22BrN3O. The molecule has 0 aliphatic heterocycles. The molecule has 1 aromatic heterocycles. The van der Waals surface area contributed by atoms with Crippen molar-refractivity contribution in [3.63, 3.8) is 0 Å². The normalized spacial score (nSPS) is 12.5. The molecule has 0 saturated heterocycles. The lowest BCUT2D eigenvalue weighted by Crippen LogP contribution is -2.29. The molecule has 0 spiro atoms. The highest BCUT2D eigenvalue weighted by atomic mass is 79.9. The molecule has 4 nitrogen and oxygen atoms in total. The summed E-state index contributed by atoms with van der Waals surface area (Å²) >= 11 is 3.39. The summed E-state index contributed by atoms with van der Waals surface area (Å²) in [5.74, 6) is 1.29. The molecule has 0 aliphatic carbocycles. The molecule has 1 unspecified atom stereocenters. The zero-order valence-corrected chi connectivity index (χ0v) is 16.2. The fourth-order valence-corrected chi connectivity index (χ4v) is 3.19. The van der Waals surface area contributed by atoms with Crippen LogP contribution in [0, 0.1) is 5.92 Å². The molecule has 1 heterocycles. The molecule has 25 heavy (non-hydrogen) atoms. The lowest BCUT2D eigenvalue weighted by Gasteiger charge is -2.17. The van der Waals surface area contributed by atoms with Crippen LogP contribution in [0.25, 0.3) is 11.0 Å². The van der Waals surface area contributed by atoms with Crippen LogP contribution in [-0.4, -0.2) is 15.5 Å². The number of carbonyl (C=O) groups is 1. The summed E-state index contributed by atoms with van der Waals surface area (Å²) in [6.45, 7) is 7.22. The van der Waals surface area contributed by atoms with Gasteiger partial charge < -0.3 is 9.88 Å². The van der Waals surface area contributed by atoms with Gasteiger partial charge in [-0.25, -0.2) is 4.98 Å². The van der Waals surface area contributed by atoms with Gasteiger partial charge in [0.1, 0.15) is 5.82 Å². The van der Waals surface area contributed by atoms with E-state index in [1.54, 1.807) is 0 Å². The molecule has 0 bridgehead atoms. The van der Waals surface area contributed by atoms with E-state index in [2.05, 4.69) is 45.7 Å². The Bertz CT molecular complexity index is 884. The van der Waals surface area contributed by atoms with Gasteiger partial charge in [0.2, 0.25) is 0 Å². The first-order valence-corrected chi connectivity index (χ1v) is 9.26. The molecule has 1 atom stereocenters. The number of benzene rings is 2. The van der Waals surface area contributed by atoms with Gasteiger partial charge in [-0.3, -0.25) is 4.79 Å². The number of hydrogen-bond acceptors (Lipinski definition) is 2. The van der Waals surface area contributed by atoms with Crippen molar-refractivity contribution in [2.24, 2.45) is 5.92 Å². The Morgan fingerprint density at radius 3 is 2.48 bits per heavy atom. The third-order valence-electron chi connectivity index (χ3n) is 4.07. The summed E-state index contributed by atoms with van der Waals surface area (Å²) in [4.78, 5) is 17.3. The van der Waals surface area contributed by atoms with E-state index in [9.17, 15) is 4.79 Å². The molecule has 3 rings (SSSR count). The number of para-hydroxylation sites is 2. The number of nitrogens with one attached hydrogen (secondary N) is 1. The molecule has 0 fully saturated rings. The van der Waals surface area contributed by atoms with E-state index in [0.29, 0.717) is 11.5 Å². The molecule has 0 radical (unpaired) electrons. The summed E-state index contributed by atoms with van der Waals surface area (Å²) in [6.07, 6.45) is 0. The van der Waals surface area contributed by atoms with Gasteiger partial charge in [-0.15, -0.1) is 0 Å². The Labute approximate surface area is 156 Å². The number of amides is 1. The fraction of sp³-hybridized carbons (Fsp3) is 0.300. The molecule has 3 aromatic rings. The smallest absolute Gasteiger partial charge is 0.251 e. The maximum Gasteiger partial charge on any atom is 0.251 e. The van der Waals surface area contributed by atoms with Crippen LogP contribution < -0.4 is 5.32 Å². The highest BCUT2D eigenvalue weighted by Crippen LogP contribution is 2.22. The Kier molecular flexibility index (Phi) is 5.23. The van der Waals surface area contributed by atoms with Crippen molar-refractivity contribution in [2.75, 3.05) is 0 Å². The Balaban J connectivity index is 1.89. The monoisotopic (exact) mass is 399 g/mol. The van der Waals surface area contributed by atoms with E-state index in [4.69, 9.17) is 4.98 Å². The van der Waals surface area contributed by atoms with Gasteiger partial charge in [0.25, 0.3) is 5.91 Å². The van der Waals surface area contributed by atoms with Crippen LogP contribution in [0.1, 0.15) is 43.0 Å². The van der Waals surface area contributed by atoms with E-state index in [0.717, 1.165) is 27.9 Å². The van der Waals surface area contributed by atoms with Crippen molar-refractivity contribution in [3.8, 4) is 0 Å². The van der Waals surface area contributed by atoms with Crippen LogP contribution >= 0.6 is 15.9 Å². The first kappa shape index (κ1) is 17.7. The Hall–Kier alpha value is -2.14. The van der Waals surface area contributed by atoms with E-state index in [-0.39, 0.29) is 11.9 Å². The fourth-order valence-electron chi connectivity index (χ4n) is 2.93. The zero-order chi connectivity index (χ0) is 18.0. The number of nitrogens with zero attached hydrogens (tertiary/aromatic N) is 2. The molecule has 2 aromatic carbocycles. The maximum atomic E-state index is 12.5. The summed E-state index contributed by atoms with van der Waals surface area (Å²) < 4.78 is 3.17. The van der Waals surface area contributed by atoms with E-state index < -0.39 is 0 Å². The Morgan fingerprint density at radius 2 is 1.80 bits per heavy atom. The first-order chi connectivity index (χ1) is 12.0. The predicted molar refractivity (Wildman–Crippen MR) is 105 cm³/mol. The highest BCUT2D eigenvalue weighted by Gasteiger charge is 2.19. The second-order valence-electron chi connectivity index (χ2n) is 6.67. The summed E-state index contributed by atoms with van der Waals surface area (Å²) in [6, 6.07) is 15.3. The van der Waals surface area contributed by atoms with Crippen molar-refractivity contribution in [2.45, 2.75) is 33.4 Å². The maximum absolute atomic E-state index is 12.5. The molecule has 0 saturated carbocycles. The zero-order valence-electron chi connectivity index (χ0n) is 14.7. The predicted octanol–water partition coefficient (Wildman–Crippen LogP) is 4.95. The molecular weight excluding hydrogens is 378 g/mol. The number of hydrogen-bond donors (Lipinski definition) is 1. The Morgan fingerprint density at radius 1 is 1.12 bits per heavy atom. The van der Waals surface area contributed by atoms with Crippen molar-refractivity contribution in [1.82, 2.24) is 14.9 Å². The van der Waals surface area contributed by atoms with Crippen molar-refractivity contribution < 1.29 is 4.79 Å². The molecule has 1 N–H and O–H groups in total. The number of fused-ring (bicyclic) bond motifs is 1. The summed E-state index contributed by atoms with van der Waals surface area (Å²) in [5, 5.41) is 3.07. The minimum absolute atomic E-state index is 0.0943. The van der Waals surface area contributed by atoms with Gasteiger partial charge >= 0.3 is 0 Å². The van der Waals surface area contributed by atoms with Crippen molar-refractivity contribution in [3.05, 3.63) is 64.4 Å². The lowest BCUT2D eigenvalue weighted by atomic mass is 10.2. The molecule has 130 valence electrons. The molecule has 1 amide bonds. The van der Waals surface area contributed by atoms with E-state index in [1.165, 1.54) is 0 Å².